The van der Waals surface area contributed by atoms with Crippen molar-refractivity contribution >= 4 is 59.1 Å². The van der Waals surface area contributed by atoms with Crippen LogP contribution in [0, 0.1) is 0 Å². The van der Waals surface area contributed by atoms with Crippen molar-refractivity contribution < 1.29 is 44.1 Å². The van der Waals surface area contributed by atoms with Gasteiger partial charge >= 0.3 is 11.9 Å². The lowest BCUT2D eigenvalue weighted by atomic mass is 10.0. The molecule has 0 radical (unpaired) electrons. The monoisotopic (exact) mass is 670 g/mol. The van der Waals surface area contributed by atoms with Gasteiger partial charge in [-0.1, -0.05) is 48.5 Å². The van der Waals surface area contributed by atoms with Crippen LogP contribution in [0.4, 0.5) is 0 Å². The highest BCUT2D eigenvalue weighted by molar-refractivity contribution is 7.80. The average Bonchev–Trinajstić information content (AvgIpc) is 3.46. The maximum atomic E-state index is 13.7. The Balaban J connectivity index is 1.88. The van der Waals surface area contributed by atoms with Gasteiger partial charge in [0.15, 0.2) is 0 Å². The van der Waals surface area contributed by atoms with E-state index in [1.807, 2.05) is 12.1 Å². The molecule has 2 aromatic carbocycles. The van der Waals surface area contributed by atoms with E-state index in [0.29, 0.717) is 11.1 Å². The van der Waals surface area contributed by atoms with Crippen molar-refractivity contribution in [1.29, 1.82) is 0 Å². The lowest BCUT2D eigenvalue weighted by Crippen LogP contribution is -2.59. The van der Waals surface area contributed by atoms with Crippen LogP contribution in [-0.2, 0) is 41.6 Å². The van der Waals surface area contributed by atoms with Crippen LogP contribution in [-0.4, -0.2) is 98.4 Å². The van der Waals surface area contributed by atoms with E-state index < -0.39 is 78.8 Å². The maximum Gasteiger partial charge on any atom is 0.327 e. The summed E-state index contributed by atoms with van der Waals surface area (Å²) < 4.78 is 0. The number of para-hydroxylation sites is 1. The van der Waals surface area contributed by atoms with Crippen LogP contribution in [0.25, 0.3) is 10.9 Å². The Bertz CT molecular complexity index is 1570. The number of aliphatic carboxylic acids is 2. The first-order chi connectivity index (χ1) is 22.4. The highest BCUT2D eigenvalue weighted by Crippen LogP contribution is 2.19. The van der Waals surface area contributed by atoms with Crippen LogP contribution >= 0.6 is 12.6 Å². The van der Waals surface area contributed by atoms with E-state index in [-0.39, 0.29) is 25.0 Å². The molecule has 1 heterocycles. The molecule has 10 N–H and O–H groups in total. The van der Waals surface area contributed by atoms with Gasteiger partial charge in [-0.05, 0) is 23.6 Å². The SMILES string of the molecule is N[C@@H](CO)C(=O)N[C@@H](Cc1c[nH]c2ccccc12)C(=O)N[C@@H](CCC(=O)O)C(=O)N[C@@H](Cc1ccccc1)C(=O)N[C@@H](CS)C(=O)O. The Morgan fingerprint density at radius 2 is 1.30 bits per heavy atom. The van der Waals surface area contributed by atoms with Gasteiger partial charge in [0.2, 0.25) is 23.6 Å². The molecule has 252 valence electrons. The summed E-state index contributed by atoms with van der Waals surface area (Å²) in [5.74, 6) is -6.28. The van der Waals surface area contributed by atoms with E-state index in [1.54, 1.807) is 48.7 Å². The van der Waals surface area contributed by atoms with Crippen LogP contribution in [0.1, 0.15) is 24.0 Å². The van der Waals surface area contributed by atoms with Crippen LogP contribution in [0.2, 0.25) is 0 Å². The van der Waals surface area contributed by atoms with E-state index in [0.717, 1.165) is 10.9 Å². The van der Waals surface area contributed by atoms with Crippen LogP contribution in [0.5, 0.6) is 0 Å². The minimum absolute atomic E-state index is 0.0603. The number of hydrogen-bond donors (Lipinski definition) is 10. The molecule has 3 aromatic rings. The van der Waals surface area contributed by atoms with E-state index in [2.05, 4.69) is 38.9 Å². The van der Waals surface area contributed by atoms with Gasteiger partial charge in [0, 0.05) is 42.1 Å². The fourth-order valence-corrected chi connectivity index (χ4v) is 4.94. The third-order valence-corrected chi connectivity index (χ3v) is 7.62. The smallest absolute Gasteiger partial charge is 0.327 e. The van der Waals surface area contributed by atoms with Gasteiger partial charge in [-0.15, -0.1) is 0 Å². The summed E-state index contributed by atoms with van der Waals surface area (Å²) in [4.78, 5) is 79.1. The summed E-state index contributed by atoms with van der Waals surface area (Å²) in [5, 5.41) is 38.7. The van der Waals surface area contributed by atoms with Gasteiger partial charge in [-0.2, -0.15) is 12.6 Å². The van der Waals surface area contributed by atoms with Crippen LogP contribution in [0.3, 0.4) is 0 Å². The number of fused-ring (bicyclic) bond motifs is 1. The maximum absolute atomic E-state index is 13.7. The fraction of sp³-hybridized carbons (Fsp3) is 0.355. The fourth-order valence-electron chi connectivity index (χ4n) is 4.69. The Kier molecular flexibility index (Phi) is 13.7. The molecule has 0 aliphatic carbocycles. The van der Waals surface area contributed by atoms with Crippen LogP contribution < -0.4 is 27.0 Å². The van der Waals surface area contributed by atoms with E-state index >= 15 is 0 Å². The second-order valence-electron chi connectivity index (χ2n) is 10.7. The molecule has 5 atom stereocenters. The number of aliphatic hydroxyl groups excluding tert-OH is 1. The third-order valence-electron chi connectivity index (χ3n) is 7.26. The molecule has 16 heteroatoms. The number of aromatic nitrogens is 1. The summed E-state index contributed by atoms with van der Waals surface area (Å²) in [6.07, 6.45) is 0.607. The number of aliphatic hydroxyl groups is 1. The largest absolute Gasteiger partial charge is 0.481 e. The molecule has 0 unspecified atom stereocenters. The van der Waals surface area contributed by atoms with E-state index in [4.69, 9.17) is 5.73 Å². The molecule has 3 rings (SSSR count). The minimum Gasteiger partial charge on any atom is -0.481 e. The summed E-state index contributed by atoms with van der Waals surface area (Å²) >= 11 is 3.96. The van der Waals surface area contributed by atoms with Crippen molar-refractivity contribution in [2.75, 3.05) is 12.4 Å². The predicted molar refractivity (Wildman–Crippen MR) is 173 cm³/mol. The van der Waals surface area contributed by atoms with Crippen molar-refractivity contribution in [1.82, 2.24) is 26.3 Å². The Morgan fingerprint density at radius 3 is 1.91 bits per heavy atom. The number of benzene rings is 2. The molecule has 0 aliphatic heterocycles. The number of carboxylic acid groups (broad SMARTS) is 2. The van der Waals surface area contributed by atoms with Crippen molar-refractivity contribution in [2.24, 2.45) is 5.73 Å². The molecule has 4 amide bonds. The standard InChI is InChI=1S/C31H38N6O9S/c32-20(15-38)27(41)35-24(13-18-14-33-21-9-5-4-8-19(18)21)30(44)34-22(10-11-26(39)40)28(42)36-23(12-17-6-2-1-3-7-17)29(43)37-25(16-47)31(45)46/h1-9,14,20,22-25,33,38,47H,10-13,15-16,32H2,(H,34,44)(H,35,41)(H,36,42)(H,37,43)(H,39,40)(H,45,46)/t20-,22-,23-,24-,25-/m0/s1. The topological polar surface area (TPSA) is 253 Å². The Labute approximate surface area is 275 Å². The molecule has 47 heavy (non-hydrogen) atoms. The number of carboxylic acids is 2. The summed E-state index contributed by atoms with van der Waals surface area (Å²) in [7, 11) is 0. The zero-order valence-electron chi connectivity index (χ0n) is 25.2. The number of nitrogens with two attached hydrogens (primary N) is 1. The molecule has 0 saturated carbocycles. The first-order valence-electron chi connectivity index (χ1n) is 14.7. The summed E-state index contributed by atoms with van der Waals surface area (Å²) in [6, 6.07) is 8.95. The van der Waals surface area contributed by atoms with Gasteiger partial charge in [-0.3, -0.25) is 24.0 Å². The minimum atomic E-state index is -1.49. The molecule has 0 fully saturated rings. The van der Waals surface area contributed by atoms with Crippen molar-refractivity contribution in [3.05, 3.63) is 71.9 Å². The van der Waals surface area contributed by atoms with Gasteiger partial charge in [-0.25, -0.2) is 4.79 Å². The molecule has 1 aromatic heterocycles. The highest BCUT2D eigenvalue weighted by Gasteiger charge is 2.32. The predicted octanol–water partition coefficient (Wildman–Crippen LogP) is -0.909. The van der Waals surface area contributed by atoms with E-state index in [9.17, 15) is 44.1 Å². The Morgan fingerprint density at radius 1 is 0.745 bits per heavy atom. The van der Waals surface area contributed by atoms with Crippen LogP contribution in [0.15, 0.2) is 60.8 Å². The number of rotatable bonds is 18. The van der Waals surface area contributed by atoms with Crippen molar-refractivity contribution in [2.45, 2.75) is 55.9 Å². The molecular formula is C31H38N6O9S. The van der Waals surface area contributed by atoms with Gasteiger partial charge in [0.1, 0.15) is 30.2 Å². The first kappa shape index (κ1) is 36.5. The molecule has 0 spiro atoms. The number of hydrogen-bond acceptors (Lipinski definition) is 9. The quantitative estimate of drug-likeness (QED) is 0.0746. The average molecular weight is 671 g/mol. The number of aromatic amines is 1. The third kappa shape index (κ3) is 10.8. The number of amides is 4. The molecule has 0 saturated heterocycles. The summed E-state index contributed by atoms with van der Waals surface area (Å²) in [6.45, 7) is -0.697. The highest BCUT2D eigenvalue weighted by atomic mass is 32.1. The Hall–Kier alpha value is -4.93. The normalized spacial score (nSPS) is 14.2. The molecule has 0 bridgehead atoms. The second-order valence-corrected chi connectivity index (χ2v) is 11.1. The summed E-state index contributed by atoms with van der Waals surface area (Å²) in [5.41, 5.74) is 7.69. The molecule has 15 nitrogen and oxygen atoms in total. The zero-order valence-corrected chi connectivity index (χ0v) is 26.1. The van der Waals surface area contributed by atoms with Crippen molar-refractivity contribution in [3.8, 4) is 0 Å². The lowest BCUT2D eigenvalue weighted by molar-refractivity contribution is -0.141. The first-order valence-corrected chi connectivity index (χ1v) is 15.3. The van der Waals surface area contributed by atoms with E-state index in [1.165, 1.54) is 0 Å². The number of H-pyrrole nitrogens is 1. The van der Waals surface area contributed by atoms with Gasteiger partial charge in [0.05, 0.1) is 6.61 Å². The number of carbonyl (C=O) groups excluding carboxylic acids is 4. The number of thiol groups is 1. The number of carbonyl (C=O) groups is 6. The van der Waals surface area contributed by atoms with Crippen molar-refractivity contribution in [3.63, 3.8) is 0 Å². The molecular weight excluding hydrogens is 632 g/mol. The number of nitrogens with one attached hydrogen (secondary N) is 5. The second kappa shape index (κ2) is 17.7. The van der Waals surface area contributed by atoms with Gasteiger partial charge in [0.25, 0.3) is 0 Å². The lowest BCUT2D eigenvalue weighted by Gasteiger charge is -2.26. The molecule has 0 aliphatic rings. The zero-order chi connectivity index (χ0) is 34.5. The van der Waals surface area contributed by atoms with Gasteiger partial charge < -0.3 is 47.3 Å².